The number of hydrogen-bond donors (Lipinski definition) is 2. The molecule has 2 aromatic rings. The van der Waals surface area contributed by atoms with E-state index >= 15 is 0 Å². The molecule has 1 aliphatic rings. The molecule has 1 aromatic carbocycles. The topological polar surface area (TPSA) is 76.1 Å². The third-order valence-electron chi connectivity index (χ3n) is 4.14. The Bertz CT molecular complexity index is 727. The molecule has 1 saturated carbocycles. The Morgan fingerprint density at radius 2 is 1.96 bits per heavy atom. The lowest BCUT2D eigenvalue weighted by Gasteiger charge is -2.15. The summed E-state index contributed by atoms with van der Waals surface area (Å²) in [7, 11) is 1.37. The molecular weight excluding hydrogens is 304 g/mol. The summed E-state index contributed by atoms with van der Waals surface area (Å²) >= 11 is 0. The van der Waals surface area contributed by atoms with Crippen molar-refractivity contribution in [2.75, 3.05) is 17.7 Å². The van der Waals surface area contributed by atoms with E-state index in [0.717, 1.165) is 11.5 Å². The lowest BCUT2D eigenvalue weighted by atomic mass is 10.2. The van der Waals surface area contributed by atoms with Crippen LogP contribution in [0.1, 0.15) is 41.7 Å². The predicted molar refractivity (Wildman–Crippen MR) is 93.7 cm³/mol. The summed E-state index contributed by atoms with van der Waals surface area (Å²) in [6, 6.07) is 9.58. The fraction of sp³-hybridized carbons (Fsp3) is 0.389. The molecule has 0 unspecified atom stereocenters. The van der Waals surface area contributed by atoms with Crippen LogP contribution in [-0.2, 0) is 4.74 Å². The van der Waals surface area contributed by atoms with Gasteiger partial charge in [-0.3, -0.25) is 0 Å². The van der Waals surface area contributed by atoms with Gasteiger partial charge in [-0.1, -0.05) is 25.0 Å². The van der Waals surface area contributed by atoms with Gasteiger partial charge in [-0.2, -0.15) is 4.98 Å². The summed E-state index contributed by atoms with van der Waals surface area (Å²) in [6.45, 7) is 1.93. The number of rotatable bonds is 5. The van der Waals surface area contributed by atoms with Crippen molar-refractivity contribution < 1.29 is 9.53 Å². The Labute approximate surface area is 141 Å². The fourth-order valence-corrected chi connectivity index (χ4v) is 2.98. The van der Waals surface area contributed by atoms with Crippen LogP contribution < -0.4 is 10.6 Å². The molecule has 2 N–H and O–H groups in total. The number of carbonyl (C=O) groups excluding carboxylic acids is 1. The van der Waals surface area contributed by atoms with Gasteiger partial charge in [0.2, 0.25) is 5.95 Å². The lowest BCUT2D eigenvalue weighted by molar-refractivity contribution is 0.0602. The molecule has 0 aliphatic heterocycles. The highest BCUT2D eigenvalue weighted by Crippen LogP contribution is 2.24. The molecule has 3 rings (SSSR count). The Kier molecular flexibility index (Phi) is 4.93. The van der Waals surface area contributed by atoms with Gasteiger partial charge in [-0.25, -0.2) is 9.78 Å². The number of aryl methyl sites for hydroxylation is 1. The highest BCUT2D eigenvalue weighted by molar-refractivity contribution is 5.96. The molecule has 24 heavy (non-hydrogen) atoms. The van der Waals surface area contributed by atoms with Crippen LogP contribution in [0, 0.1) is 6.92 Å². The maximum atomic E-state index is 11.9. The van der Waals surface area contributed by atoms with E-state index in [1.165, 1.54) is 32.8 Å². The summed E-state index contributed by atoms with van der Waals surface area (Å²) in [4.78, 5) is 20.8. The van der Waals surface area contributed by atoms with E-state index in [-0.39, 0.29) is 0 Å². The largest absolute Gasteiger partial charge is 0.465 e. The molecule has 6 nitrogen and oxygen atoms in total. The van der Waals surface area contributed by atoms with Crippen molar-refractivity contribution >= 4 is 23.4 Å². The first kappa shape index (κ1) is 16.2. The number of esters is 1. The van der Waals surface area contributed by atoms with E-state index in [4.69, 9.17) is 4.74 Å². The first-order valence-electron chi connectivity index (χ1n) is 8.22. The smallest absolute Gasteiger partial charge is 0.339 e. The third kappa shape index (κ3) is 3.82. The Balaban J connectivity index is 1.82. The molecule has 1 aliphatic carbocycles. The van der Waals surface area contributed by atoms with Crippen molar-refractivity contribution in [2.45, 2.75) is 38.6 Å². The molecule has 0 atom stereocenters. The van der Waals surface area contributed by atoms with Gasteiger partial charge < -0.3 is 15.4 Å². The van der Waals surface area contributed by atoms with Gasteiger partial charge in [0, 0.05) is 17.8 Å². The van der Waals surface area contributed by atoms with Crippen molar-refractivity contribution in [3.05, 3.63) is 41.6 Å². The summed E-state index contributed by atoms with van der Waals surface area (Å²) < 4.78 is 4.82. The Morgan fingerprint density at radius 3 is 2.71 bits per heavy atom. The summed E-state index contributed by atoms with van der Waals surface area (Å²) in [5.74, 6) is 0.884. The maximum Gasteiger partial charge on any atom is 0.339 e. The van der Waals surface area contributed by atoms with Gasteiger partial charge >= 0.3 is 5.97 Å². The third-order valence-corrected chi connectivity index (χ3v) is 4.14. The van der Waals surface area contributed by atoms with Gasteiger partial charge in [0.05, 0.1) is 18.4 Å². The molecule has 6 heteroatoms. The second-order valence-electron chi connectivity index (χ2n) is 6.01. The number of aromatic nitrogens is 2. The highest BCUT2D eigenvalue weighted by Gasteiger charge is 2.16. The molecule has 1 heterocycles. The number of nitrogens with zero attached hydrogens (tertiary/aromatic N) is 2. The van der Waals surface area contributed by atoms with E-state index < -0.39 is 5.97 Å². The molecule has 0 saturated heterocycles. The number of ether oxygens (including phenoxy) is 1. The number of benzene rings is 1. The summed E-state index contributed by atoms with van der Waals surface area (Å²) in [5, 5.41) is 6.60. The first-order valence-corrected chi connectivity index (χ1v) is 8.22. The molecule has 0 radical (unpaired) electrons. The van der Waals surface area contributed by atoms with Crippen LogP contribution in [0.2, 0.25) is 0 Å². The number of anilines is 3. The molecule has 1 aromatic heterocycles. The van der Waals surface area contributed by atoms with Crippen molar-refractivity contribution in [3.63, 3.8) is 0 Å². The quantitative estimate of drug-likeness (QED) is 0.817. The second-order valence-corrected chi connectivity index (χ2v) is 6.01. The highest BCUT2D eigenvalue weighted by atomic mass is 16.5. The molecule has 0 spiro atoms. The van der Waals surface area contributed by atoms with Crippen molar-refractivity contribution in [1.82, 2.24) is 9.97 Å². The number of methoxy groups -OCH3 is 1. The van der Waals surface area contributed by atoms with Crippen LogP contribution in [0.4, 0.5) is 17.5 Å². The lowest BCUT2D eigenvalue weighted by Crippen LogP contribution is -2.16. The number of carbonyl (C=O) groups is 1. The summed E-state index contributed by atoms with van der Waals surface area (Å²) in [6.07, 6.45) is 4.88. The zero-order valence-corrected chi connectivity index (χ0v) is 14.0. The first-order chi connectivity index (χ1) is 11.7. The minimum atomic E-state index is -0.393. The maximum absolute atomic E-state index is 11.9. The average molecular weight is 326 g/mol. The average Bonchev–Trinajstić information content (AvgIpc) is 3.07. The standard InChI is InChI=1S/C18H22N4O2/c1-12-11-16(20-13-7-3-4-8-13)22-18(19-12)21-15-10-6-5-9-14(15)17(23)24-2/h5-6,9-11,13H,3-4,7-8H2,1-2H3,(H2,19,20,21,22). The number of hydrogen-bond acceptors (Lipinski definition) is 6. The number of para-hydroxylation sites is 1. The van der Waals surface area contributed by atoms with Gasteiger partial charge in [0.25, 0.3) is 0 Å². The Morgan fingerprint density at radius 1 is 1.21 bits per heavy atom. The van der Waals surface area contributed by atoms with E-state index in [2.05, 4.69) is 20.6 Å². The molecular formula is C18H22N4O2. The van der Waals surface area contributed by atoms with E-state index in [1.54, 1.807) is 12.1 Å². The van der Waals surface area contributed by atoms with Crippen molar-refractivity contribution in [2.24, 2.45) is 0 Å². The molecule has 0 amide bonds. The summed E-state index contributed by atoms with van der Waals surface area (Å²) in [5.41, 5.74) is 1.95. The van der Waals surface area contributed by atoms with E-state index in [0.29, 0.717) is 23.2 Å². The zero-order valence-electron chi connectivity index (χ0n) is 14.0. The van der Waals surface area contributed by atoms with Crippen LogP contribution in [-0.4, -0.2) is 29.1 Å². The SMILES string of the molecule is COC(=O)c1ccccc1Nc1nc(C)cc(NC2CCCC2)n1. The van der Waals surface area contributed by atoms with Crippen LogP contribution in [0.25, 0.3) is 0 Å². The predicted octanol–water partition coefficient (Wildman–Crippen LogP) is 3.67. The van der Waals surface area contributed by atoms with Crippen LogP contribution in [0.15, 0.2) is 30.3 Å². The van der Waals surface area contributed by atoms with Gasteiger partial charge in [0.1, 0.15) is 5.82 Å². The minimum absolute atomic E-state index is 0.393. The van der Waals surface area contributed by atoms with Crippen LogP contribution in [0.5, 0.6) is 0 Å². The van der Waals surface area contributed by atoms with Gasteiger partial charge in [-0.15, -0.1) is 0 Å². The molecule has 0 bridgehead atoms. The molecule has 1 fully saturated rings. The Hall–Kier alpha value is -2.63. The number of nitrogens with one attached hydrogen (secondary N) is 2. The van der Waals surface area contributed by atoms with Crippen LogP contribution in [0.3, 0.4) is 0 Å². The molecule has 126 valence electrons. The van der Waals surface area contributed by atoms with Gasteiger partial charge in [0.15, 0.2) is 0 Å². The zero-order chi connectivity index (χ0) is 16.9. The van der Waals surface area contributed by atoms with E-state index in [1.807, 2.05) is 25.1 Å². The van der Waals surface area contributed by atoms with Crippen molar-refractivity contribution in [3.8, 4) is 0 Å². The normalized spacial score (nSPS) is 14.4. The second kappa shape index (κ2) is 7.29. The monoisotopic (exact) mass is 326 g/mol. The minimum Gasteiger partial charge on any atom is -0.465 e. The fourth-order valence-electron chi connectivity index (χ4n) is 2.98. The van der Waals surface area contributed by atoms with Gasteiger partial charge in [-0.05, 0) is 31.9 Å². The van der Waals surface area contributed by atoms with E-state index in [9.17, 15) is 4.79 Å². The van der Waals surface area contributed by atoms with Crippen molar-refractivity contribution in [1.29, 1.82) is 0 Å². The van der Waals surface area contributed by atoms with Crippen LogP contribution >= 0.6 is 0 Å².